The fraction of sp³-hybridized carbons (Fsp3) is 0.364. The van der Waals surface area contributed by atoms with Crippen LogP contribution in [0.25, 0.3) is 0 Å². The maximum absolute atomic E-state index is 8.69. The second kappa shape index (κ2) is 3.59. The number of aryl methyl sites for hydroxylation is 1. The van der Waals surface area contributed by atoms with Crippen molar-refractivity contribution in [2.45, 2.75) is 12.8 Å². The van der Waals surface area contributed by atoms with Crippen LogP contribution in [0.3, 0.4) is 0 Å². The van der Waals surface area contributed by atoms with Gasteiger partial charge in [-0.2, -0.15) is 5.26 Å². The molecule has 72 valence electrons. The van der Waals surface area contributed by atoms with Crippen LogP contribution < -0.4 is 10.6 Å². The number of rotatable bonds is 1. The molecular formula is C11H13N3. The number of hydrogen-bond donors (Lipinski definition) is 1. The summed E-state index contributed by atoms with van der Waals surface area (Å²) in [6, 6.07) is 8.14. The van der Waals surface area contributed by atoms with Gasteiger partial charge in [0.2, 0.25) is 0 Å². The highest BCUT2D eigenvalue weighted by atomic mass is 15.1. The van der Waals surface area contributed by atoms with E-state index in [-0.39, 0.29) is 0 Å². The quantitative estimate of drug-likeness (QED) is 0.536. The Morgan fingerprint density at radius 3 is 3.14 bits per heavy atom. The van der Waals surface area contributed by atoms with E-state index in [0.29, 0.717) is 6.54 Å². The summed E-state index contributed by atoms with van der Waals surface area (Å²) in [6.07, 6.45) is 2.22. The molecule has 0 saturated carbocycles. The lowest BCUT2D eigenvalue weighted by molar-refractivity contribution is 0.725. The number of nitriles is 1. The molecule has 0 amide bonds. The number of hydrogen-bond acceptors (Lipinski definition) is 3. The van der Waals surface area contributed by atoms with Crippen LogP contribution in [0, 0.1) is 11.3 Å². The Hall–Kier alpha value is -1.69. The van der Waals surface area contributed by atoms with Crippen LogP contribution in [0.15, 0.2) is 18.2 Å². The molecule has 0 fully saturated rings. The summed E-state index contributed by atoms with van der Waals surface area (Å²) in [7, 11) is 0. The van der Waals surface area contributed by atoms with Gasteiger partial charge in [-0.25, -0.2) is 0 Å². The van der Waals surface area contributed by atoms with E-state index < -0.39 is 0 Å². The molecule has 2 rings (SSSR count). The van der Waals surface area contributed by atoms with E-state index in [4.69, 9.17) is 11.0 Å². The lowest BCUT2D eigenvalue weighted by Gasteiger charge is -2.29. The topological polar surface area (TPSA) is 53.0 Å². The van der Waals surface area contributed by atoms with Crippen molar-refractivity contribution >= 4 is 11.4 Å². The molecule has 0 saturated heterocycles. The minimum absolute atomic E-state index is 0.455. The van der Waals surface area contributed by atoms with Gasteiger partial charge in [-0.1, -0.05) is 6.07 Å². The summed E-state index contributed by atoms with van der Waals surface area (Å²) < 4.78 is 0. The van der Waals surface area contributed by atoms with Crippen LogP contribution in [0.2, 0.25) is 0 Å². The fourth-order valence-corrected chi connectivity index (χ4v) is 1.92. The lowest BCUT2D eigenvalue weighted by atomic mass is 10.0. The van der Waals surface area contributed by atoms with Gasteiger partial charge < -0.3 is 10.6 Å². The van der Waals surface area contributed by atoms with Crippen molar-refractivity contribution < 1.29 is 0 Å². The molecule has 0 bridgehead atoms. The number of nitrogens with zero attached hydrogens (tertiary/aromatic N) is 2. The van der Waals surface area contributed by atoms with Crippen molar-refractivity contribution in [1.29, 1.82) is 5.26 Å². The molecular weight excluding hydrogens is 174 g/mol. The summed E-state index contributed by atoms with van der Waals surface area (Å²) in [5.74, 6) is 0. The van der Waals surface area contributed by atoms with Gasteiger partial charge in [-0.05, 0) is 30.5 Å². The van der Waals surface area contributed by atoms with Gasteiger partial charge in [-0.3, -0.25) is 0 Å². The molecule has 0 spiro atoms. The molecule has 1 heterocycles. The first-order chi connectivity index (χ1) is 6.81. The summed E-state index contributed by atoms with van der Waals surface area (Å²) in [6.45, 7) is 1.42. The molecule has 2 N–H and O–H groups in total. The monoisotopic (exact) mass is 187 g/mol. The predicted octanol–water partition coefficient (Wildman–Crippen LogP) is 1.54. The van der Waals surface area contributed by atoms with Crippen LogP contribution in [0.5, 0.6) is 0 Å². The molecule has 3 heteroatoms. The highest BCUT2D eigenvalue weighted by Gasteiger charge is 2.15. The molecule has 14 heavy (non-hydrogen) atoms. The van der Waals surface area contributed by atoms with E-state index >= 15 is 0 Å². The van der Waals surface area contributed by atoms with Crippen molar-refractivity contribution in [3.63, 3.8) is 0 Å². The largest absolute Gasteiger partial charge is 0.399 e. The number of nitrogens with two attached hydrogens (primary N) is 1. The van der Waals surface area contributed by atoms with Crippen molar-refractivity contribution in [2.75, 3.05) is 23.7 Å². The second-order valence-electron chi connectivity index (χ2n) is 3.57. The van der Waals surface area contributed by atoms with Crippen LogP contribution in [0.4, 0.5) is 11.4 Å². The molecule has 0 radical (unpaired) electrons. The van der Waals surface area contributed by atoms with Gasteiger partial charge in [0, 0.05) is 17.9 Å². The van der Waals surface area contributed by atoms with E-state index in [2.05, 4.69) is 17.0 Å². The summed E-state index contributed by atoms with van der Waals surface area (Å²) in [5.41, 5.74) is 8.95. The molecule has 0 aromatic heterocycles. The number of anilines is 2. The minimum atomic E-state index is 0.455. The molecule has 0 unspecified atom stereocenters. The van der Waals surface area contributed by atoms with Crippen LogP contribution >= 0.6 is 0 Å². The summed E-state index contributed by atoms with van der Waals surface area (Å²) in [5, 5.41) is 8.69. The van der Waals surface area contributed by atoms with Crippen molar-refractivity contribution in [1.82, 2.24) is 0 Å². The van der Waals surface area contributed by atoms with E-state index in [9.17, 15) is 0 Å². The van der Waals surface area contributed by atoms with Crippen LogP contribution in [-0.4, -0.2) is 13.1 Å². The third kappa shape index (κ3) is 1.51. The Labute approximate surface area is 83.7 Å². The van der Waals surface area contributed by atoms with Gasteiger partial charge in [0.05, 0.1) is 6.07 Å². The Balaban J connectivity index is 2.37. The SMILES string of the molecule is N#CCN1CCCc2ccc(N)cc21. The first kappa shape index (κ1) is 8.89. The Bertz CT molecular complexity index is 379. The molecule has 0 atom stereocenters. The van der Waals surface area contributed by atoms with Gasteiger partial charge in [0.15, 0.2) is 0 Å². The smallest absolute Gasteiger partial charge is 0.105 e. The number of fused-ring (bicyclic) bond motifs is 1. The maximum atomic E-state index is 8.69. The molecule has 0 aliphatic carbocycles. The second-order valence-corrected chi connectivity index (χ2v) is 3.57. The fourth-order valence-electron chi connectivity index (χ4n) is 1.92. The minimum Gasteiger partial charge on any atom is -0.399 e. The predicted molar refractivity (Wildman–Crippen MR) is 57.0 cm³/mol. The highest BCUT2D eigenvalue weighted by molar-refractivity contribution is 5.62. The Kier molecular flexibility index (Phi) is 2.28. The number of benzene rings is 1. The standard InChI is InChI=1S/C11H13N3/c12-5-7-14-6-1-2-9-3-4-10(13)8-11(9)14/h3-4,8H,1-2,6-7,13H2. The average molecular weight is 187 g/mol. The van der Waals surface area contributed by atoms with E-state index in [0.717, 1.165) is 30.8 Å². The van der Waals surface area contributed by atoms with Gasteiger partial charge in [-0.15, -0.1) is 0 Å². The first-order valence-corrected chi connectivity index (χ1v) is 4.81. The van der Waals surface area contributed by atoms with E-state index in [1.165, 1.54) is 5.56 Å². The third-order valence-corrected chi connectivity index (χ3v) is 2.59. The molecule has 3 nitrogen and oxygen atoms in total. The lowest BCUT2D eigenvalue weighted by Crippen LogP contribution is -2.29. The van der Waals surface area contributed by atoms with E-state index in [1.807, 2.05) is 12.1 Å². The highest BCUT2D eigenvalue weighted by Crippen LogP contribution is 2.28. The van der Waals surface area contributed by atoms with Gasteiger partial charge in [0.1, 0.15) is 6.54 Å². The molecule has 1 aromatic carbocycles. The number of nitrogen functional groups attached to an aromatic ring is 1. The Morgan fingerprint density at radius 2 is 2.36 bits per heavy atom. The normalized spacial score (nSPS) is 14.6. The van der Waals surface area contributed by atoms with E-state index in [1.54, 1.807) is 0 Å². The van der Waals surface area contributed by atoms with Gasteiger partial charge >= 0.3 is 0 Å². The molecule has 1 aromatic rings. The van der Waals surface area contributed by atoms with Crippen molar-refractivity contribution in [3.05, 3.63) is 23.8 Å². The zero-order valence-corrected chi connectivity index (χ0v) is 8.03. The zero-order valence-electron chi connectivity index (χ0n) is 8.03. The van der Waals surface area contributed by atoms with Gasteiger partial charge in [0.25, 0.3) is 0 Å². The summed E-state index contributed by atoms with van der Waals surface area (Å²) >= 11 is 0. The van der Waals surface area contributed by atoms with Crippen LogP contribution in [-0.2, 0) is 6.42 Å². The van der Waals surface area contributed by atoms with Crippen molar-refractivity contribution in [2.24, 2.45) is 0 Å². The maximum Gasteiger partial charge on any atom is 0.105 e. The molecule has 1 aliphatic heterocycles. The van der Waals surface area contributed by atoms with Crippen LogP contribution in [0.1, 0.15) is 12.0 Å². The first-order valence-electron chi connectivity index (χ1n) is 4.81. The zero-order chi connectivity index (χ0) is 9.97. The average Bonchev–Trinajstić information content (AvgIpc) is 2.19. The third-order valence-electron chi connectivity index (χ3n) is 2.59. The Morgan fingerprint density at radius 1 is 1.50 bits per heavy atom. The molecule has 1 aliphatic rings. The summed E-state index contributed by atoms with van der Waals surface area (Å²) in [4.78, 5) is 2.09. The van der Waals surface area contributed by atoms with Crippen molar-refractivity contribution in [3.8, 4) is 6.07 Å².